The summed E-state index contributed by atoms with van der Waals surface area (Å²) in [5.74, 6) is 2.43. The zero-order valence-corrected chi connectivity index (χ0v) is 38.1. The monoisotopic (exact) mass is 908 g/mol. The Kier molecular flexibility index (Phi) is 11.5. The van der Waals surface area contributed by atoms with Gasteiger partial charge in [-0.25, -0.2) is 20.4 Å². The number of anilines is 4. The number of benzene rings is 2. The van der Waals surface area contributed by atoms with E-state index in [0.29, 0.717) is 62.6 Å². The fourth-order valence-corrected chi connectivity index (χ4v) is 8.43. The number of ether oxygens (including phenoxy) is 4. The van der Waals surface area contributed by atoms with Crippen molar-refractivity contribution in [3.8, 4) is 11.5 Å². The number of amidine groups is 2. The summed E-state index contributed by atoms with van der Waals surface area (Å²) in [5.41, 5.74) is 6.75. The third-order valence-electron chi connectivity index (χ3n) is 11.1. The number of rotatable bonds is 4. The van der Waals surface area contributed by atoms with Gasteiger partial charge >= 0.3 is 12.2 Å². The molecular formula is C42H57BrN10O8. The van der Waals surface area contributed by atoms with Crippen molar-refractivity contribution in [2.24, 2.45) is 10.2 Å². The lowest BCUT2D eigenvalue weighted by molar-refractivity contribution is -0.123. The molecule has 6 heterocycles. The highest BCUT2D eigenvalue weighted by Crippen LogP contribution is 2.43. The third-order valence-corrected chi connectivity index (χ3v) is 11.7. The molecule has 2 fully saturated rings. The molecule has 0 aliphatic carbocycles. The Balaban J connectivity index is 0.000000184. The molecule has 6 aliphatic rings. The van der Waals surface area contributed by atoms with Gasteiger partial charge < -0.3 is 49.2 Å². The minimum atomic E-state index is -0.526. The van der Waals surface area contributed by atoms with E-state index in [2.05, 4.69) is 61.5 Å². The number of carbonyl (C=O) groups excluding carboxylic acids is 4. The average molecular weight is 910 g/mol. The van der Waals surface area contributed by atoms with E-state index in [4.69, 9.17) is 18.9 Å². The van der Waals surface area contributed by atoms with Crippen molar-refractivity contribution in [2.75, 3.05) is 59.8 Å². The predicted octanol–water partition coefficient (Wildman–Crippen LogP) is 5.82. The number of likely N-dealkylation sites (tertiary alicyclic amines) is 2. The second kappa shape index (κ2) is 16.1. The number of halogens is 1. The lowest BCUT2D eigenvalue weighted by atomic mass is 10.0. The standard InChI is InChI=1S/C21H28BrN5O4.C21H29N5O4/c1-12-18(28)25-24-17-10-30-16-8-13(22)14(9-15(16)27(12)17)23-21(5)6-7-26(11-21)19(29)31-20(2,3)4;1-13-18(27)24-23-17-11-29-16-7-6-14(10-15(16)26(13)17)22-21(5)8-9-25(12-21)19(28)30-20(2,3)4/h8-9,12,23H,6-7,10-11H2,1-5H3,(H,25,28);6-7,10,13,22H,8-9,11-12H2,1-5H3,(H,24,27). The van der Waals surface area contributed by atoms with Crippen LogP contribution in [0.5, 0.6) is 11.5 Å². The van der Waals surface area contributed by atoms with Gasteiger partial charge in [0, 0.05) is 36.3 Å². The molecule has 0 radical (unpaired) electrons. The molecule has 61 heavy (non-hydrogen) atoms. The van der Waals surface area contributed by atoms with E-state index >= 15 is 0 Å². The molecule has 0 saturated carbocycles. The highest BCUT2D eigenvalue weighted by Gasteiger charge is 2.42. The number of hydrogen-bond donors (Lipinski definition) is 4. The van der Waals surface area contributed by atoms with Crippen molar-refractivity contribution < 1.29 is 38.1 Å². The van der Waals surface area contributed by atoms with Crippen LogP contribution in [-0.4, -0.2) is 119 Å². The summed E-state index contributed by atoms with van der Waals surface area (Å²) in [6.07, 6.45) is 0.988. The van der Waals surface area contributed by atoms with Crippen molar-refractivity contribution in [2.45, 2.75) is 116 Å². The summed E-state index contributed by atoms with van der Waals surface area (Å²) in [7, 11) is 0. The summed E-state index contributed by atoms with van der Waals surface area (Å²) in [6, 6.07) is 8.92. The molecule has 330 valence electrons. The van der Waals surface area contributed by atoms with E-state index in [1.807, 2.05) is 95.5 Å². The molecule has 0 aromatic heterocycles. The van der Waals surface area contributed by atoms with Gasteiger partial charge in [0.05, 0.1) is 28.1 Å². The highest BCUT2D eigenvalue weighted by atomic mass is 79.9. The number of nitrogens with one attached hydrogen (secondary N) is 4. The van der Waals surface area contributed by atoms with Gasteiger partial charge in [0.2, 0.25) is 0 Å². The van der Waals surface area contributed by atoms with E-state index in [0.717, 1.165) is 40.1 Å². The zero-order valence-electron chi connectivity index (χ0n) is 36.5. The van der Waals surface area contributed by atoms with Gasteiger partial charge in [0.1, 0.15) is 48.0 Å². The second-order valence-electron chi connectivity index (χ2n) is 18.8. The van der Waals surface area contributed by atoms with Gasteiger partial charge in [0.15, 0.2) is 11.7 Å². The molecule has 2 saturated heterocycles. The second-order valence-corrected chi connectivity index (χ2v) is 19.7. The molecule has 4 amide bonds. The molecule has 4 unspecified atom stereocenters. The number of nitrogens with zero attached hydrogens (tertiary/aromatic N) is 6. The van der Waals surface area contributed by atoms with Crippen LogP contribution in [0.3, 0.4) is 0 Å². The first-order valence-corrected chi connectivity index (χ1v) is 21.4. The topological polar surface area (TPSA) is 191 Å². The molecule has 4 atom stereocenters. The summed E-state index contributed by atoms with van der Waals surface area (Å²) < 4.78 is 23.5. The lowest BCUT2D eigenvalue weighted by Crippen LogP contribution is -2.55. The first kappa shape index (κ1) is 43.6. The van der Waals surface area contributed by atoms with E-state index in [9.17, 15) is 19.2 Å². The fourth-order valence-electron chi connectivity index (χ4n) is 8.01. The Labute approximate surface area is 364 Å². The number of hydrazone groups is 2. The minimum Gasteiger partial charge on any atom is -0.483 e. The molecule has 6 aliphatic heterocycles. The van der Waals surface area contributed by atoms with Gasteiger partial charge in [-0.05, 0) is 128 Å². The molecule has 4 N–H and O–H groups in total. The minimum absolute atomic E-state index is 0.152. The largest absolute Gasteiger partial charge is 0.483 e. The van der Waals surface area contributed by atoms with Crippen LogP contribution in [-0.2, 0) is 19.1 Å². The van der Waals surface area contributed by atoms with E-state index < -0.39 is 17.2 Å². The van der Waals surface area contributed by atoms with E-state index in [-0.39, 0.29) is 41.1 Å². The first-order chi connectivity index (χ1) is 28.5. The van der Waals surface area contributed by atoms with Crippen LogP contribution in [0.2, 0.25) is 0 Å². The number of fused-ring (bicyclic) bond motifs is 6. The lowest BCUT2D eigenvalue weighted by Gasteiger charge is -2.38. The van der Waals surface area contributed by atoms with Crippen LogP contribution < -0.4 is 40.8 Å². The van der Waals surface area contributed by atoms with Crippen molar-refractivity contribution >= 4 is 74.4 Å². The van der Waals surface area contributed by atoms with E-state index in [1.165, 1.54) is 0 Å². The molecule has 18 nitrogen and oxygen atoms in total. The first-order valence-electron chi connectivity index (χ1n) is 20.6. The van der Waals surface area contributed by atoms with Gasteiger partial charge in [-0.1, -0.05) is 0 Å². The zero-order chi connectivity index (χ0) is 44.2. The third kappa shape index (κ3) is 9.55. The Bertz CT molecular complexity index is 2170. The van der Waals surface area contributed by atoms with Crippen LogP contribution in [0.4, 0.5) is 32.3 Å². The molecule has 0 spiro atoms. The number of hydrogen-bond acceptors (Lipinski definition) is 14. The quantitative estimate of drug-likeness (QED) is 0.288. The SMILES string of the molecule is CC1C(=O)NN=C2COc3cc(Br)c(NC4(C)CCN(C(=O)OC(C)(C)C)C4)cc3N21.CC1C(=O)NN=C2COc3ccc(NC4(C)CCN(C(=O)OC(C)(C)C)C4)cc3N21. The molecular weight excluding hydrogens is 852 g/mol. The van der Waals surface area contributed by atoms with Gasteiger partial charge in [0.25, 0.3) is 11.8 Å². The van der Waals surface area contributed by atoms with E-state index in [1.54, 1.807) is 9.80 Å². The van der Waals surface area contributed by atoms with Crippen LogP contribution in [0.15, 0.2) is 45.0 Å². The smallest absolute Gasteiger partial charge is 0.410 e. The maximum absolute atomic E-state index is 12.5. The highest BCUT2D eigenvalue weighted by molar-refractivity contribution is 9.10. The van der Waals surface area contributed by atoms with Gasteiger partial charge in [-0.3, -0.25) is 9.59 Å². The van der Waals surface area contributed by atoms with Crippen LogP contribution in [0, 0.1) is 0 Å². The maximum atomic E-state index is 12.5. The van der Waals surface area contributed by atoms with Crippen molar-refractivity contribution in [3.05, 3.63) is 34.8 Å². The van der Waals surface area contributed by atoms with Crippen molar-refractivity contribution in [3.63, 3.8) is 0 Å². The number of amides is 4. The Morgan fingerprint density at radius 1 is 0.754 bits per heavy atom. The van der Waals surface area contributed by atoms with Gasteiger partial charge in [-0.2, -0.15) is 10.2 Å². The summed E-state index contributed by atoms with van der Waals surface area (Å²) in [6.45, 7) is 22.0. The number of carbonyl (C=O) groups is 4. The summed E-state index contributed by atoms with van der Waals surface area (Å²) in [4.78, 5) is 56.4. The van der Waals surface area contributed by atoms with Crippen molar-refractivity contribution in [1.29, 1.82) is 0 Å². The molecule has 2 aromatic rings. The fraction of sp³-hybridized carbons (Fsp3) is 0.571. The average Bonchev–Trinajstić information content (AvgIpc) is 3.76. The van der Waals surface area contributed by atoms with Gasteiger partial charge in [-0.15, -0.1) is 0 Å². The molecule has 8 rings (SSSR count). The van der Waals surface area contributed by atoms with Crippen LogP contribution in [0.1, 0.15) is 82.1 Å². The summed E-state index contributed by atoms with van der Waals surface area (Å²) >= 11 is 3.63. The maximum Gasteiger partial charge on any atom is 0.410 e. The van der Waals surface area contributed by atoms with Crippen LogP contribution >= 0.6 is 15.9 Å². The predicted molar refractivity (Wildman–Crippen MR) is 236 cm³/mol. The Morgan fingerprint density at radius 2 is 1.23 bits per heavy atom. The Morgan fingerprint density at radius 3 is 1.74 bits per heavy atom. The van der Waals surface area contributed by atoms with Crippen LogP contribution in [0.25, 0.3) is 0 Å². The molecule has 2 aromatic carbocycles. The summed E-state index contributed by atoms with van der Waals surface area (Å²) in [5, 5.41) is 15.4. The molecule has 19 heteroatoms. The molecule has 0 bridgehead atoms. The normalized spacial score (nSPS) is 25.4. The van der Waals surface area contributed by atoms with Crippen molar-refractivity contribution in [1.82, 2.24) is 20.7 Å². The Hall–Kier alpha value is -5.46.